The van der Waals surface area contributed by atoms with Gasteiger partial charge in [0.05, 0.1) is 18.3 Å². The SMILES string of the molecule is CC1(C)CCCN(C(=O)Cc2ccc(N)cn2)CC1. The molecule has 1 aromatic heterocycles. The van der Waals surface area contributed by atoms with Crippen molar-refractivity contribution in [3.63, 3.8) is 0 Å². The summed E-state index contributed by atoms with van der Waals surface area (Å²) < 4.78 is 0. The molecule has 1 aromatic rings. The highest BCUT2D eigenvalue weighted by molar-refractivity contribution is 5.78. The van der Waals surface area contributed by atoms with Crippen molar-refractivity contribution in [2.75, 3.05) is 18.8 Å². The van der Waals surface area contributed by atoms with Crippen molar-refractivity contribution in [2.24, 2.45) is 5.41 Å². The summed E-state index contributed by atoms with van der Waals surface area (Å²) in [5.41, 5.74) is 7.37. The maximum Gasteiger partial charge on any atom is 0.228 e. The number of amides is 1. The van der Waals surface area contributed by atoms with Crippen LogP contribution in [-0.2, 0) is 11.2 Å². The summed E-state index contributed by atoms with van der Waals surface area (Å²) in [5, 5.41) is 0. The van der Waals surface area contributed by atoms with E-state index in [2.05, 4.69) is 18.8 Å². The zero-order valence-electron chi connectivity index (χ0n) is 11.9. The normalized spacial score (nSPS) is 18.9. The summed E-state index contributed by atoms with van der Waals surface area (Å²) in [5.74, 6) is 0.176. The Morgan fingerprint density at radius 3 is 2.84 bits per heavy atom. The zero-order valence-corrected chi connectivity index (χ0v) is 11.9. The first-order valence-corrected chi connectivity index (χ1v) is 6.94. The number of pyridine rings is 1. The third-order valence-corrected chi connectivity index (χ3v) is 3.87. The molecule has 0 radical (unpaired) electrons. The number of aromatic nitrogens is 1. The maximum absolute atomic E-state index is 12.3. The minimum absolute atomic E-state index is 0.176. The van der Waals surface area contributed by atoms with E-state index in [9.17, 15) is 4.79 Å². The van der Waals surface area contributed by atoms with Crippen LogP contribution in [0.3, 0.4) is 0 Å². The van der Waals surface area contributed by atoms with Gasteiger partial charge in [-0.3, -0.25) is 9.78 Å². The second-order valence-electron chi connectivity index (χ2n) is 6.16. The molecule has 1 aliphatic rings. The largest absolute Gasteiger partial charge is 0.397 e. The van der Waals surface area contributed by atoms with E-state index in [1.165, 1.54) is 6.42 Å². The maximum atomic E-state index is 12.3. The Morgan fingerprint density at radius 1 is 1.37 bits per heavy atom. The van der Waals surface area contributed by atoms with Gasteiger partial charge >= 0.3 is 0 Å². The first-order chi connectivity index (χ1) is 8.96. The number of likely N-dealkylation sites (tertiary alicyclic amines) is 1. The molecule has 1 amide bonds. The first-order valence-electron chi connectivity index (χ1n) is 6.94. The summed E-state index contributed by atoms with van der Waals surface area (Å²) >= 11 is 0. The average molecular weight is 261 g/mol. The molecular formula is C15H23N3O. The summed E-state index contributed by atoms with van der Waals surface area (Å²) in [6.45, 7) is 6.29. The van der Waals surface area contributed by atoms with Gasteiger partial charge in [0.15, 0.2) is 0 Å². The van der Waals surface area contributed by atoms with E-state index < -0.39 is 0 Å². The van der Waals surface area contributed by atoms with Gasteiger partial charge in [0.1, 0.15) is 0 Å². The van der Waals surface area contributed by atoms with Crippen LogP contribution in [0, 0.1) is 5.41 Å². The molecule has 1 fully saturated rings. The van der Waals surface area contributed by atoms with E-state index in [1.54, 1.807) is 12.3 Å². The van der Waals surface area contributed by atoms with Gasteiger partial charge in [-0.05, 0) is 36.8 Å². The Labute approximate surface area is 115 Å². The number of rotatable bonds is 2. The molecular weight excluding hydrogens is 238 g/mol. The second-order valence-corrected chi connectivity index (χ2v) is 6.16. The smallest absolute Gasteiger partial charge is 0.228 e. The molecule has 0 aromatic carbocycles. The molecule has 4 nitrogen and oxygen atoms in total. The van der Waals surface area contributed by atoms with Crippen molar-refractivity contribution in [3.8, 4) is 0 Å². The predicted molar refractivity (Wildman–Crippen MR) is 76.6 cm³/mol. The number of carbonyl (C=O) groups excluding carboxylic acids is 1. The van der Waals surface area contributed by atoms with Gasteiger partial charge in [0.25, 0.3) is 0 Å². The number of nitrogen functional groups attached to an aromatic ring is 1. The fourth-order valence-electron chi connectivity index (χ4n) is 2.48. The molecule has 0 bridgehead atoms. The quantitative estimate of drug-likeness (QED) is 0.888. The van der Waals surface area contributed by atoms with Crippen LogP contribution in [0.15, 0.2) is 18.3 Å². The van der Waals surface area contributed by atoms with Crippen LogP contribution in [0.25, 0.3) is 0 Å². The van der Waals surface area contributed by atoms with Crippen molar-refractivity contribution in [3.05, 3.63) is 24.0 Å². The molecule has 0 spiro atoms. The van der Waals surface area contributed by atoms with E-state index in [-0.39, 0.29) is 5.91 Å². The molecule has 0 unspecified atom stereocenters. The van der Waals surface area contributed by atoms with E-state index in [0.717, 1.165) is 31.6 Å². The first kappa shape index (κ1) is 13.8. The number of hydrogen-bond acceptors (Lipinski definition) is 3. The lowest BCUT2D eigenvalue weighted by atomic mass is 9.85. The van der Waals surface area contributed by atoms with Crippen molar-refractivity contribution in [1.82, 2.24) is 9.88 Å². The lowest BCUT2D eigenvalue weighted by Gasteiger charge is -2.23. The Balaban J connectivity index is 1.94. The van der Waals surface area contributed by atoms with Gasteiger partial charge < -0.3 is 10.6 Å². The van der Waals surface area contributed by atoms with Crippen LogP contribution in [0.2, 0.25) is 0 Å². The molecule has 0 saturated carbocycles. The van der Waals surface area contributed by atoms with Crippen LogP contribution >= 0.6 is 0 Å². The van der Waals surface area contributed by atoms with Gasteiger partial charge in [0.2, 0.25) is 5.91 Å². The molecule has 2 N–H and O–H groups in total. The number of hydrogen-bond donors (Lipinski definition) is 1. The van der Waals surface area contributed by atoms with Crippen molar-refractivity contribution in [1.29, 1.82) is 0 Å². The van der Waals surface area contributed by atoms with Crippen molar-refractivity contribution < 1.29 is 4.79 Å². The standard InChI is InChI=1S/C15H23N3O/c1-15(2)6-3-8-18(9-7-15)14(19)10-13-5-4-12(16)11-17-13/h4-5,11H,3,6-10,16H2,1-2H3. The van der Waals surface area contributed by atoms with Crippen LogP contribution in [-0.4, -0.2) is 28.9 Å². The summed E-state index contributed by atoms with van der Waals surface area (Å²) in [6.07, 6.45) is 5.34. The third-order valence-electron chi connectivity index (χ3n) is 3.87. The van der Waals surface area contributed by atoms with Crippen LogP contribution in [0.1, 0.15) is 38.8 Å². The lowest BCUT2D eigenvalue weighted by molar-refractivity contribution is -0.130. The lowest BCUT2D eigenvalue weighted by Crippen LogP contribution is -2.33. The van der Waals surface area contributed by atoms with Crippen LogP contribution < -0.4 is 5.73 Å². The highest BCUT2D eigenvalue weighted by Gasteiger charge is 2.25. The number of carbonyl (C=O) groups is 1. The Morgan fingerprint density at radius 2 is 2.16 bits per heavy atom. The number of nitrogens with zero attached hydrogens (tertiary/aromatic N) is 2. The van der Waals surface area contributed by atoms with Gasteiger partial charge in [0, 0.05) is 18.8 Å². The van der Waals surface area contributed by atoms with E-state index in [4.69, 9.17) is 5.73 Å². The fourth-order valence-corrected chi connectivity index (χ4v) is 2.48. The van der Waals surface area contributed by atoms with Crippen molar-refractivity contribution in [2.45, 2.75) is 39.5 Å². The topological polar surface area (TPSA) is 59.2 Å². The molecule has 4 heteroatoms. The second kappa shape index (κ2) is 5.59. The van der Waals surface area contributed by atoms with Gasteiger partial charge in [-0.1, -0.05) is 13.8 Å². The summed E-state index contributed by atoms with van der Waals surface area (Å²) in [6, 6.07) is 3.62. The highest BCUT2D eigenvalue weighted by Crippen LogP contribution is 2.29. The molecule has 1 saturated heterocycles. The highest BCUT2D eigenvalue weighted by atomic mass is 16.2. The minimum Gasteiger partial charge on any atom is -0.397 e. The van der Waals surface area contributed by atoms with Gasteiger partial charge in [-0.15, -0.1) is 0 Å². The van der Waals surface area contributed by atoms with E-state index >= 15 is 0 Å². The van der Waals surface area contributed by atoms with Crippen LogP contribution in [0.4, 0.5) is 5.69 Å². The fraction of sp³-hybridized carbons (Fsp3) is 0.600. The molecule has 2 rings (SSSR count). The summed E-state index contributed by atoms with van der Waals surface area (Å²) in [4.78, 5) is 18.4. The molecule has 2 heterocycles. The Bertz CT molecular complexity index is 439. The molecule has 0 atom stereocenters. The molecule has 1 aliphatic heterocycles. The Kier molecular flexibility index (Phi) is 4.08. The number of anilines is 1. The molecule has 104 valence electrons. The number of nitrogens with two attached hydrogens (primary N) is 1. The van der Waals surface area contributed by atoms with Gasteiger partial charge in [-0.25, -0.2) is 0 Å². The minimum atomic E-state index is 0.176. The monoisotopic (exact) mass is 261 g/mol. The zero-order chi connectivity index (χ0) is 13.9. The van der Waals surface area contributed by atoms with E-state index in [0.29, 0.717) is 17.5 Å². The van der Waals surface area contributed by atoms with Crippen molar-refractivity contribution >= 4 is 11.6 Å². The van der Waals surface area contributed by atoms with Crippen LogP contribution in [0.5, 0.6) is 0 Å². The molecule has 19 heavy (non-hydrogen) atoms. The van der Waals surface area contributed by atoms with Gasteiger partial charge in [-0.2, -0.15) is 0 Å². The summed E-state index contributed by atoms with van der Waals surface area (Å²) in [7, 11) is 0. The van der Waals surface area contributed by atoms with E-state index in [1.807, 2.05) is 11.0 Å². The predicted octanol–water partition coefficient (Wildman–Crippen LogP) is 2.25. The average Bonchev–Trinajstić information content (AvgIpc) is 2.53. The molecule has 0 aliphatic carbocycles. The third kappa shape index (κ3) is 3.94. The Hall–Kier alpha value is -1.58.